The Morgan fingerprint density at radius 1 is 1.11 bits per heavy atom. The van der Waals surface area contributed by atoms with Crippen molar-refractivity contribution in [2.75, 3.05) is 39.4 Å². The lowest BCUT2D eigenvalue weighted by atomic mass is 9.83. The van der Waals surface area contributed by atoms with Crippen molar-refractivity contribution in [1.29, 1.82) is 0 Å². The first-order chi connectivity index (χ1) is 13.7. The minimum Gasteiger partial charge on any atom is -0.379 e. The first-order valence-electron chi connectivity index (χ1n) is 10.3. The van der Waals surface area contributed by atoms with Crippen molar-refractivity contribution in [3.05, 3.63) is 45.6 Å². The third kappa shape index (κ3) is 3.52. The molecule has 0 saturated carbocycles. The fourth-order valence-corrected chi connectivity index (χ4v) is 5.04. The lowest BCUT2D eigenvalue weighted by Crippen LogP contribution is -2.47. The molecule has 0 aliphatic carbocycles. The molecular formula is C20H28N6O2. The Morgan fingerprint density at radius 3 is 2.75 bits per heavy atom. The molecule has 150 valence electrons. The number of nitrogens with zero attached hydrogens (tertiary/aromatic N) is 6. The number of pyridine rings is 1. The highest BCUT2D eigenvalue weighted by Gasteiger charge is 2.35. The first kappa shape index (κ1) is 18.0. The Balaban J connectivity index is 1.34. The van der Waals surface area contributed by atoms with Crippen LogP contribution < -0.4 is 5.56 Å². The van der Waals surface area contributed by atoms with Crippen LogP contribution in [-0.4, -0.2) is 68.8 Å². The van der Waals surface area contributed by atoms with E-state index in [9.17, 15) is 4.79 Å². The molecule has 8 heteroatoms. The maximum absolute atomic E-state index is 13.2. The van der Waals surface area contributed by atoms with Crippen LogP contribution in [0.1, 0.15) is 29.3 Å². The molecule has 0 aromatic carbocycles. The molecule has 2 saturated heterocycles. The summed E-state index contributed by atoms with van der Waals surface area (Å²) in [5.74, 6) is 0.952. The van der Waals surface area contributed by atoms with E-state index in [2.05, 4.69) is 36.8 Å². The van der Waals surface area contributed by atoms with Crippen LogP contribution in [0.3, 0.4) is 0 Å². The van der Waals surface area contributed by atoms with E-state index >= 15 is 0 Å². The standard InChI is InChI=1S/C20H28N6O2/c1-23-13-18(21-22-23)14-25-9-15-8-17(12-25)19-3-2-16(20(27)26(19)10-15)11-24-4-6-28-7-5-24/h2-3,13,15,17H,4-12,14H2,1H3/t15-,17+/m0/s1. The molecule has 2 aromatic rings. The third-order valence-electron chi connectivity index (χ3n) is 6.29. The van der Waals surface area contributed by atoms with E-state index in [4.69, 9.17) is 4.74 Å². The number of rotatable bonds is 4. The van der Waals surface area contributed by atoms with Gasteiger partial charge in [-0.2, -0.15) is 0 Å². The maximum atomic E-state index is 13.2. The van der Waals surface area contributed by atoms with Crippen molar-refractivity contribution < 1.29 is 4.74 Å². The second kappa shape index (κ2) is 7.42. The summed E-state index contributed by atoms with van der Waals surface area (Å²) in [6, 6.07) is 4.26. The molecule has 3 aliphatic heterocycles. The van der Waals surface area contributed by atoms with Crippen molar-refractivity contribution in [2.45, 2.75) is 32.0 Å². The zero-order chi connectivity index (χ0) is 19.1. The van der Waals surface area contributed by atoms with Crippen LogP contribution in [-0.2, 0) is 31.4 Å². The van der Waals surface area contributed by atoms with E-state index in [-0.39, 0.29) is 5.56 Å². The lowest BCUT2D eigenvalue weighted by molar-refractivity contribution is 0.0338. The summed E-state index contributed by atoms with van der Waals surface area (Å²) in [7, 11) is 1.90. The molecule has 0 unspecified atom stereocenters. The van der Waals surface area contributed by atoms with E-state index in [0.717, 1.165) is 70.3 Å². The van der Waals surface area contributed by atoms with Gasteiger partial charge < -0.3 is 9.30 Å². The molecule has 5 heterocycles. The van der Waals surface area contributed by atoms with Gasteiger partial charge in [0, 0.05) is 76.2 Å². The summed E-state index contributed by atoms with van der Waals surface area (Å²) in [6.45, 7) is 7.74. The number of hydrogen-bond acceptors (Lipinski definition) is 6. The number of piperidine rings is 1. The molecule has 0 radical (unpaired) electrons. The minimum absolute atomic E-state index is 0.209. The number of hydrogen-bond donors (Lipinski definition) is 0. The predicted octanol–water partition coefficient (Wildman–Crippen LogP) is 0.428. The Morgan fingerprint density at radius 2 is 1.96 bits per heavy atom. The van der Waals surface area contributed by atoms with Gasteiger partial charge in [-0.25, -0.2) is 0 Å². The summed E-state index contributed by atoms with van der Waals surface area (Å²) in [6.07, 6.45) is 3.17. The second-order valence-electron chi connectivity index (χ2n) is 8.46. The summed E-state index contributed by atoms with van der Waals surface area (Å²) < 4.78 is 9.24. The molecule has 2 bridgehead atoms. The smallest absolute Gasteiger partial charge is 0.255 e. The van der Waals surface area contributed by atoms with E-state index < -0.39 is 0 Å². The zero-order valence-electron chi connectivity index (χ0n) is 16.5. The molecular weight excluding hydrogens is 356 g/mol. The van der Waals surface area contributed by atoms with Gasteiger partial charge in [-0.3, -0.25) is 19.3 Å². The lowest BCUT2D eigenvalue weighted by Gasteiger charge is -2.42. The average Bonchev–Trinajstić information content (AvgIpc) is 3.10. The van der Waals surface area contributed by atoms with Crippen molar-refractivity contribution in [1.82, 2.24) is 29.4 Å². The Bertz CT molecular complexity index is 900. The number of fused-ring (bicyclic) bond motifs is 4. The summed E-state index contributed by atoms with van der Waals surface area (Å²) in [5, 5.41) is 8.27. The van der Waals surface area contributed by atoms with Crippen molar-refractivity contribution in [3.63, 3.8) is 0 Å². The van der Waals surface area contributed by atoms with Crippen LogP contribution in [0.5, 0.6) is 0 Å². The van der Waals surface area contributed by atoms with Crippen LogP contribution in [0.4, 0.5) is 0 Å². The highest BCUT2D eigenvalue weighted by Crippen LogP contribution is 2.35. The van der Waals surface area contributed by atoms with Crippen molar-refractivity contribution >= 4 is 0 Å². The number of morpholine rings is 1. The Labute approximate surface area is 164 Å². The van der Waals surface area contributed by atoms with Crippen molar-refractivity contribution in [2.24, 2.45) is 13.0 Å². The van der Waals surface area contributed by atoms with E-state index in [1.54, 1.807) is 4.68 Å². The normalized spacial score (nSPS) is 25.6. The fraction of sp³-hybridized carbons (Fsp3) is 0.650. The Hall–Kier alpha value is -2.03. The van der Waals surface area contributed by atoms with Crippen LogP contribution >= 0.6 is 0 Å². The quantitative estimate of drug-likeness (QED) is 0.762. The molecule has 0 spiro atoms. The summed E-state index contributed by atoms with van der Waals surface area (Å²) in [5.41, 5.74) is 3.35. The minimum atomic E-state index is 0.209. The molecule has 28 heavy (non-hydrogen) atoms. The number of aryl methyl sites for hydroxylation is 1. The van der Waals surface area contributed by atoms with Gasteiger partial charge in [0.2, 0.25) is 0 Å². The fourth-order valence-electron chi connectivity index (χ4n) is 5.04. The van der Waals surface area contributed by atoms with Gasteiger partial charge in [0.05, 0.1) is 18.9 Å². The molecule has 0 N–H and O–H groups in total. The molecule has 5 rings (SSSR count). The van der Waals surface area contributed by atoms with Crippen LogP contribution in [0.2, 0.25) is 0 Å². The van der Waals surface area contributed by atoms with Crippen LogP contribution in [0.15, 0.2) is 23.1 Å². The maximum Gasteiger partial charge on any atom is 0.255 e. The van der Waals surface area contributed by atoms with Crippen LogP contribution in [0.25, 0.3) is 0 Å². The van der Waals surface area contributed by atoms with Gasteiger partial charge in [0.1, 0.15) is 0 Å². The van der Waals surface area contributed by atoms with Crippen molar-refractivity contribution in [3.8, 4) is 0 Å². The third-order valence-corrected chi connectivity index (χ3v) is 6.29. The van der Waals surface area contributed by atoms with Gasteiger partial charge in [0.25, 0.3) is 5.56 Å². The average molecular weight is 384 g/mol. The van der Waals surface area contributed by atoms with Gasteiger partial charge in [0.15, 0.2) is 0 Å². The van der Waals surface area contributed by atoms with Gasteiger partial charge in [-0.05, 0) is 18.4 Å². The summed E-state index contributed by atoms with van der Waals surface area (Å²) in [4.78, 5) is 18.0. The number of aromatic nitrogens is 4. The summed E-state index contributed by atoms with van der Waals surface area (Å²) >= 11 is 0. The largest absolute Gasteiger partial charge is 0.379 e. The number of likely N-dealkylation sites (tertiary alicyclic amines) is 1. The van der Waals surface area contributed by atoms with Gasteiger partial charge in [-0.1, -0.05) is 11.3 Å². The second-order valence-corrected chi connectivity index (χ2v) is 8.46. The Kier molecular flexibility index (Phi) is 4.78. The molecule has 2 fully saturated rings. The highest BCUT2D eigenvalue weighted by molar-refractivity contribution is 5.22. The predicted molar refractivity (Wildman–Crippen MR) is 104 cm³/mol. The van der Waals surface area contributed by atoms with E-state index in [1.807, 2.05) is 13.2 Å². The topological polar surface area (TPSA) is 68.4 Å². The molecule has 2 aromatic heterocycles. The van der Waals surface area contributed by atoms with Gasteiger partial charge >= 0.3 is 0 Å². The van der Waals surface area contributed by atoms with E-state index in [0.29, 0.717) is 11.8 Å². The number of ether oxygens (including phenoxy) is 1. The highest BCUT2D eigenvalue weighted by atomic mass is 16.5. The molecule has 3 aliphatic rings. The monoisotopic (exact) mass is 384 g/mol. The van der Waals surface area contributed by atoms with Crippen LogP contribution in [0, 0.1) is 5.92 Å². The first-order valence-corrected chi connectivity index (χ1v) is 10.3. The SMILES string of the molecule is Cn1cc(CN2C[C@@H]3C[C@H](C2)c2ccc(CN4CCOCC4)c(=O)n2C3)nn1. The molecule has 2 atom stereocenters. The van der Waals surface area contributed by atoms with E-state index in [1.165, 1.54) is 12.1 Å². The zero-order valence-corrected chi connectivity index (χ0v) is 16.5. The molecule has 0 amide bonds. The van der Waals surface area contributed by atoms with Gasteiger partial charge in [-0.15, -0.1) is 5.10 Å². The molecule has 8 nitrogen and oxygen atoms in total.